The molecular weight excluding hydrogens is 208 g/mol. The van der Waals surface area contributed by atoms with Crippen LogP contribution in [0, 0.1) is 0 Å². The first kappa shape index (κ1) is 11.5. The first-order valence-electron chi connectivity index (χ1n) is 5.61. The van der Waals surface area contributed by atoms with Crippen molar-refractivity contribution in [3.8, 4) is 16.9 Å². The molecule has 17 heavy (non-hydrogen) atoms. The van der Waals surface area contributed by atoms with Crippen LogP contribution in [0.2, 0.25) is 0 Å². The summed E-state index contributed by atoms with van der Waals surface area (Å²) in [5.41, 5.74) is 4.59. The molecule has 1 heteroatoms. The summed E-state index contributed by atoms with van der Waals surface area (Å²) in [6, 6.07) is 16.5. The van der Waals surface area contributed by atoms with E-state index in [1.165, 1.54) is 11.1 Å². The normalized spacial score (nSPS) is 10.0. The van der Waals surface area contributed by atoms with E-state index in [2.05, 4.69) is 36.9 Å². The molecule has 1 nitrogen and oxygen atoms in total. The largest absolute Gasteiger partial charge is 0.497 e. The van der Waals surface area contributed by atoms with Gasteiger partial charge in [-0.1, -0.05) is 42.5 Å². The molecule has 0 bridgehead atoms. The van der Waals surface area contributed by atoms with E-state index in [9.17, 15) is 0 Å². The van der Waals surface area contributed by atoms with Gasteiger partial charge in [0.15, 0.2) is 0 Å². The van der Waals surface area contributed by atoms with Gasteiger partial charge >= 0.3 is 0 Å². The van der Waals surface area contributed by atoms with Crippen molar-refractivity contribution in [2.45, 2.75) is 6.92 Å². The van der Waals surface area contributed by atoms with Crippen molar-refractivity contribution in [2.75, 3.05) is 7.11 Å². The lowest BCUT2D eigenvalue weighted by Gasteiger charge is -2.07. The second kappa shape index (κ2) is 4.88. The highest BCUT2D eigenvalue weighted by Gasteiger charge is 2.01. The molecule has 0 atom stereocenters. The van der Waals surface area contributed by atoms with Crippen molar-refractivity contribution < 1.29 is 4.74 Å². The maximum atomic E-state index is 5.24. The molecule has 0 aliphatic rings. The number of hydrogen-bond donors (Lipinski definition) is 0. The zero-order chi connectivity index (χ0) is 12.3. The van der Waals surface area contributed by atoms with Gasteiger partial charge in [-0.3, -0.25) is 0 Å². The highest BCUT2D eigenvalue weighted by molar-refractivity contribution is 5.71. The summed E-state index contributed by atoms with van der Waals surface area (Å²) in [5, 5.41) is 0. The molecule has 2 aromatic carbocycles. The predicted octanol–water partition coefficient (Wildman–Crippen LogP) is 4.40. The van der Waals surface area contributed by atoms with E-state index >= 15 is 0 Å². The van der Waals surface area contributed by atoms with Crippen LogP contribution in [-0.4, -0.2) is 7.11 Å². The van der Waals surface area contributed by atoms with Gasteiger partial charge in [-0.15, -0.1) is 0 Å². The third-order valence-electron chi connectivity index (χ3n) is 2.76. The van der Waals surface area contributed by atoms with Gasteiger partial charge in [0, 0.05) is 0 Å². The Morgan fingerprint density at radius 2 is 1.65 bits per heavy atom. The van der Waals surface area contributed by atoms with Gasteiger partial charge in [-0.25, -0.2) is 0 Å². The minimum atomic E-state index is 0.878. The zero-order valence-electron chi connectivity index (χ0n) is 10.2. The molecule has 0 aromatic heterocycles. The fraction of sp³-hybridized carbons (Fsp3) is 0.125. The molecular formula is C16H16O. The Bertz CT molecular complexity index is 541. The third kappa shape index (κ3) is 2.56. The number of methoxy groups -OCH3 is 1. The molecule has 0 fully saturated rings. The molecule has 0 aliphatic carbocycles. The molecule has 2 rings (SSSR count). The van der Waals surface area contributed by atoms with E-state index in [0.29, 0.717) is 0 Å². The van der Waals surface area contributed by atoms with E-state index in [4.69, 9.17) is 4.74 Å². The van der Waals surface area contributed by atoms with Crippen LogP contribution in [0.1, 0.15) is 12.5 Å². The molecule has 0 heterocycles. The minimum Gasteiger partial charge on any atom is -0.497 e. The van der Waals surface area contributed by atoms with Gasteiger partial charge in [-0.05, 0) is 41.8 Å². The fourth-order valence-corrected chi connectivity index (χ4v) is 1.77. The molecule has 2 aromatic rings. The van der Waals surface area contributed by atoms with Crippen molar-refractivity contribution in [2.24, 2.45) is 0 Å². The summed E-state index contributed by atoms with van der Waals surface area (Å²) in [5.74, 6) is 0.878. The maximum Gasteiger partial charge on any atom is 0.119 e. The fourth-order valence-electron chi connectivity index (χ4n) is 1.77. The van der Waals surface area contributed by atoms with Crippen molar-refractivity contribution in [3.05, 3.63) is 60.7 Å². The van der Waals surface area contributed by atoms with E-state index in [1.807, 2.05) is 25.1 Å². The molecule has 0 N–H and O–H groups in total. The van der Waals surface area contributed by atoms with Gasteiger partial charge in [0.05, 0.1) is 7.11 Å². The number of allylic oxidation sites excluding steroid dienone is 1. The average Bonchev–Trinajstić information content (AvgIpc) is 2.39. The smallest absolute Gasteiger partial charge is 0.119 e. The van der Waals surface area contributed by atoms with E-state index in [0.717, 1.165) is 16.9 Å². The second-order valence-electron chi connectivity index (χ2n) is 4.09. The monoisotopic (exact) mass is 224 g/mol. The Balaban J connectivity index is 2.45. The highest BCUT2D eigenvalue weighted by atomic mass is 16.5. The quantitative estimate of drug-likeness (QED) is 0.751. The Labute approximate surface area is 102 Å². The number of rotatable bonds is 3. The van der Waals surface area contributed by atoms with Crippen LogP contribution in [0.25, 0.3) is 16.7 Å². The van der Waals surface area contributed by atoms with Gasteiger partial charge in [-0.2, -0.15) is 0 Å². The maximum absolute atomic E-state index is 5.24. The van der Waals surface area contributed by atoms with Crippen LogP contribution in [-0.2, 0) is 0 Å². The first-order valence-corrected chi connectivity index (χ1v) is 5.61. The van der Waals surface area contributed by atoms with Crippen molar-refractivity contribution in [3.63, 3.8) is 0 Å². The second-order valence-corrected chi connectivity index (χ2v) is 4.09. The topological polar surface area (TPSA) is 9.23 Å². The third-order valence-corrected chi connectivity index (χ3v) is 2.76. The number of benzene rings is 2. The molecule has 0 radical (unpaired) electrons. The lowest BCUT2D eigenvalue weighted by Crippen LogP contribution is -1.85. The predicted molar refractivity (Wildman–Crippen MR) is 73.1 cm³/mol. The number of hydrogen-bond acceptors (Lipinski definition) is 1. The Morgan fingerprint density at radius 3 is 2.29 bits per heavy atom. The summed E-state index contributed by atoms with van der Waals surface area (Å²) in [6.45, 7) is 5.99. The molecule has 0 spiro atoms. The number of ether oxygens (including phenoxy) is 1. The first-order chi connectivity index (χ1) is 8.20. The molecule has 0 unspecified atom stereocenters. The van der Waals surface area contributed by atoms with Gasteiger partial charge in [0.2, 0.25) is 0 Å². The lowest BCUT2D eigenvalue weighted by molar-refractivity contribution is 0.415. The van der Waals surface area contributed by atoms with Crippen molar-refractivity contribution in [1.82, 2.24) is 0 Å². The van der Waals surface area contributed by atoms with E-state index in [1.54, 1.807) is 7.11 Å². The molecule has 86 valence electrons. The van der Waals surface area contributed by atoms with E-state index < -0.39 is 0 Å². The molecule has 0 aliphatic heterocycles. The summed E-state index contributed by atoms with van der Waals surface area (Å²) >= 11 is 0. The van der Waals surface area contributed by atoms with Crippen molar-refractivity contribution >= 4 is 5.57 Å². The Kier molecular flexibility index (Phi) is 3.29. The van der Waals surface area contributed by atoms with E-state index in [-0.39, 0.29) is 0 Å². The highest BCUT2D eigenvalue weighted by Crippen LogP contribution is 2.26. The lowest BCUT2D eigenvalue weighted by atomic mass is 10.0. The summed E-state index contributed by atoms with van der Waals surface area (Å²) in [7, 11) is 1.68. The van der Waals surface area contributed by atoms with Gasteiger partial charge < -0.3 is 4.74 Å². The van der Waals surface area contributed by atoms with Crippen LogP contribution in [0.5, 0.6) is 5.75 Å². The molecule has 0 saturated heterocycles. The Morgan fingerprint density at radius 1 is 1.00 bits per heavy atom. The van der Waals surface area contributed by atoms with Gasteiger partial charge in [0.1, 0.15) is 5.75 Å². The van der Waals surface area contributed by atoms with Crippen LogP contribution in [0.3, 0.4) is 0 Å². The Hall–Kier alpha value is -2.02. The van der Waals surface area contributed by atoms with Gasteiger partial charge in [0.25, 0.3) is 0 Å². The molecule has 0 saturated carbocycles. The zero-order valence-corrected chi connectivity index (χ0v) is 10.2. The van der Waals surface area contributed by atoms with Crippen LogP contribution in [0.15, 0.2) is 55.1 Å². The van der Waals surface area contributed by atoms with Crippen molar-refractivity contribution in [1.29, 1.82) is 0 Å². The average molecular weight is 224 g/mol. The summed E-state index contributed by atoms with van der Waals surface area (Å²) in [6.07, 6.45) is 0. The minimum absolute atomic E-state index is 0.878. The molecule has 0 amide bonds. The summed E-state index contributed by atoms with van der Waals surface area (Å²) < 4.78 is 5.24. The SMILES string of the molecule is C=C(C)c1cccc(-c2cccc(OC)c2)c1. The summed E-state index contributed by atoms with van der Waals surface area (Å²) in [4.78, 5) is 0. The standard InChI is InChI=1S/C16H16O/c1-12(2)13-6-4-7-14(10-13)15-8-5-9-16(11-15)17-3/h4-11H,1H2,2-3H3. The van der Waals surface area contributed by atoms with Crippen LogP contribution >= 0.6 is 0 Å². The van der Waals surface area contributed by atoms with Crippen LogP contribution < -0.4 is 4.74 Å². The van der Waals surface area contributed by atoms with Crippen LogP contribution in [0.4, 0.5) is 0 Å².